The Labute approximate surface area is 125 Å². The number of nitrogens with one attached hydrogen (secondary N) is 1. The number of carbonyl (C=O) groups excluding carboxylic acids is 2. The maximum Gasteiger partial charge on any atom is 0.307 e. The first kappa shape index (κ1) is 17.0. The van der Waals surface area contributed by atoms with Gasteiger partial charge in [-0.25, -0.2) is 0 Å². The number of likely N-dealkylation sites (N-methyl/N-ethyl adjacent to an activating group) is 1. The Hall–Kier alpha value is -2.07. The van der Waals surface area contributed by atoms with Gasteiger partial charge in [-0.05, 0) is 14.0 Å². The standard InChI is InChI=1S/C14H22N4O3/c1-3-21-13(19)4-5-16-11-12(10-15)14(20)18-8-6-17(2)7-9-18/h11,16H,3-9H2,1-2H3/b12-11-. The summed E-state index contributed by atoms with van der Waals surface area (Å²) in [7, 11) is 2.00. The molecule has 0 unspecified atom stereocenters. The molecule has 0 saturated carbocycles. The van der Waals surface area contributed by atoms with Crippen LogP contribution >= 0.6 is 0 Å². The molecule has 1 heterocycles. The minimum absolute atomic E-state index is 0.0587. The summed E-state index contributed by atoms with van der Waals surface area (Å²) in [5.41, 5.74) is 0.0587. The van der Waals surface area contributed by atoms with Crippen molar-refractivity contribution in [3.05, 3.63) is 11.8 Å². The first-order valence-electron chi connectivity index (χ1n) is 7.05. The zero-order chi connectivity index (χ0) is 15.7. The molecule has 1 saturated heterocycles. The average molecular weight is 294 g/mol. The monoisotopic (exact) mass is 294 g/mol. The highest BCUT2D eigenvalue weighted by molar-refractivity contribution is 5.97. The molecule has 0 atom stereocenters. The van der Waals surface area contributed by atoms with Crippen molar-refractivity contribution in [2.24, 2.45) is 0 Å². The van der Waals surface area contributed by atoms with Crippen molar-refractivity contribution in [3.63, 3.8) is 0 Å². The van der Waals surface area contributed by atoms with Crippen LogP contribution in [-0.4, -0.2) is 68.1 Å². The van der Waals surface area contributed by atoms with E-state index >= 15 is 0 Å². The largest absolute Gasteiger partial charge is 0.466 e. The lowest BCUT2D eigenvalue weighted by molar-refractivity contribution is -0.142. The summed E-state index contributed by atoms with van der Waals surface area (Å²) >= 11 is 0. The summed E-state index contributed by atoms with van der Waals surface area (Å²) in [6.07, 6.45) is 1.58. The number of nitriles is 1. The van der Waals surface area contributed by atoms with Gasteiger partial charge < -0.3 is 19.9 Å². The van der Waals surface area contributed by atoms with Crippen LogP contribution in [0.3, 0.4) is 0 Å². The second-order valence-corrected chi connectivity index (χ2v) is 4.77. The lowest BCUT2D eigenvalue weighted by Crippen LogP contribution is -2.47. The zero-order valence-electron chi connectivity index (χ0n) is 12.6. The first-order chi connectivity index (χ1) is 10.1. The summed E-state index contributed by atoms with van der Waals surface area (Å²) in [4.78, 5) is 27.1. The van der Waals surface area contributed by atoms with Crippen LogP contribution in [0.2, 0.25) is 0 Å². The number of esters is 1. The van der Waals surface area contributed by atoms with E-state index in [1.54, 1.807) is 11.8 Å². The summed E-state index contributed by atoms with van der Waals surface area (Å²) in [5, 5.41) is 11.9. The van der Waals surface area contributed by atoms with Gasteiger partial charge in [-0.3, -0.25) is 9.59 Å². The van der Waals surface area contributed by atoms with Gasteiger partial charge in [0.2, 0.25) is 0 Å². The van der Waals surface area contributed by atoms with E-state index in [9.17, 15) is 9.59 Å². The molecule has 1 aliphatic rings. The molecule has 0 aromatic carbocycles. The number of nitrogens with zero attached hydrogens (tertiary/aromatic N) is 3. The van der Waals surface area contributed by atoms with Gasteiger partial charge in [-0.15, -0.1) is 0 Å². The highest BCUT2D eigenvalue weighted by Crippen LogP contribution is 2.05. The number of carbonyl (C=O) groups is 2. The maximum atomic E-state index is 12.2. The zero-order valence-corrected chi connectivity index (χ0v) is 12.6. The third kappa shape index (κ3) is 5.83. The van der Waals surface area contributed by atoms with Gasteiger partial charge in [0.25, 0.3) is 5.91 Å². The molecule has 116 valence electrons. The Balaban J connectivity index is 2.42. The smallest absolute Gasteiger partial charge is 0.307 e. The predicted octanol–water partition coefficient (Wildman–Crippen LogP) is -0.289. The summed E-state index contributed by atoms with van der Waals surface area (Å²) in [6, 6.07) is 1.90. The average Bonchev–Trinajstić information content (AvgIpc) is 2.48. The molecule has 0 radical (unpaired) electrons. The van der Waals surface area contributed by atoms with E-state index in [0.717, 1.165) is 13.1 Å². The molecule has 7 nitrogen and oxygen atoms in total. The molecule has 0 aromatic heterocycles. The molecule has 0 aromatic rings. The van der Waals surface area contributed by atoms with Gasteiger partial charge in [0.1, 0.15) is 11.6 Å². The summed E-state index contributed by atoms with van der Waals surface area (Å²) in [6.45, 7) is 5.28. The minimum atomic E-state index is -0.303. The molecule has 1 fully saturated rings. The number of hydrogen-bond donors (Lipinski definition) is 1. The predicted molar refractivity (Wildman–Crippen MR) is 77.0 cm³/mol. The van der Waals surface area contributed by atoms with Crippen LogP contribution in [0.1, 0.15) is 13.3 Å². The van der Waals surface area contributed by atoms with Crippen LogP contribution in [0.15, 0.2) is 11.8 Å². The van der Waals surface area contributed by atoms with Gasteiger partial charge in [0, 0.05) is 38.9 Å². The number of rotatable bonds is 6. The molecule has 7 heteroatoms. The van der Waals surface area contributed by atoms with E-state index in [2.05, 4.69) is 10.2 Å². The van der Waals surface area contributed by atoms with Crippen molar-refractivity contribution in [1.82, 2.24) is 15.1 Å². The van der Waals surface area contributed by atoms with Gasteiger partial charge >= 0.3 is 5.97 Å². The molecule has 0 aliphatic carbocycles. The Kier molecular flexibility index (Phi) is 7.26. The molecule has 0 spiro atoms. The second-order valence-electron chi connectivity index (χ2n) is 4.77. The molecule has 0 bridgehead atoms. The molecule has 1 rings (SSSR count). The number of ether oxygens (including phenoxy) is 1. The van der Waals surface area contributed by atoms with Gasteiger partial charge in [-0.1, -0.05) is 0 Å². The lowest BCUT2D eigenvalue weighted by atomic mass is 10.2. The van der Waals surface area contributed by atoms with Crippen LogP contribution in [0, 0.1) is 11.3 Å². The molecule has 1 amide bonds. The van der Waals surface area contributed by atoms with Gasteiger partial charge in [-0.2, -0.15) is 5.26 Å². The molecular weight excluding hydrogens is 272 g/mol. The Morgan fingerprint density at radius 2 is 2.00 bits per heavy atom. The summed E-state index contributed by atoms with van der Waals surface area (Å²) in [5.74, 6) is -0.573. The van der Waals surface area contributed by atoms with Crippen molar-refractivity contribution in [3.8, 4) is 6.07 Å². The van der Waals surface area contributed by atoms with E-state index < -0.39 is 0 Å². The summed E-state index contributed by atoms with van der Waals surface area (Å²) < 4.78 is 4.78. The van der Waals surface area contributed by atoms with E-state index in [0.29, 0.717) is 26.2 Å². The van der Waals surface area contributed by atoms with Gasteiger partial charge in [0.05, 0.1) is 13.0 Å². The Morgan fingerprint density at radius 3 is 2.57 bits per heavy atom. The molecule has 1 N–H and O–H groups in total. The molecule has 1 aliphatic heterocycles. The van der Waals surface area contributed by atoms with Crippen LogP contribution in [-0.2, 0) is 14.3 Å². The maximum absolute atomic E-state index is 12.2. The SMILES string of the molecule is CCOC(=O)CCN/C=C(/C#N)C(=O)N1CCN(C)CC1. The third-order valence-electron chi connectivity index (χ3n) is 3.17. The quantitative estimate of drug-likeness (QED) is 0.314. The van der Waals surface area contributed by atoms with Crippen LogP contribution in [0.5, 0.6) is 0 Å². The van der Waals surface area contributed by atoms with E-state index in [-0.39, 0.29) is 23.9 Å². The van der Waals surface area contributed by atoms with Gasteiger partial charge in [0.15, 0.2) is 0 Å². The van der Waals surface area contributed by atoms with E-state index in [1.165, 1.54) is 6.20 Å². The third-order valence-corrected chi connectivity index (χ3v) is 3.17. The topological polar surface area (TPSA) is 85.7 Å². The fourth-order valence-electron chi connectivity index (χ4n) is 1.90. The molecule has 21 heavy (non-hydrogen) atoms. The first-order valence-corrected chi connectivity index (χ1v) is 7.05. The fraction of sp³-hybridized carbons (Fsp3) is 0.643. The van der Waals surface area contributed by atoms with Crippen LogP contribution in [0.4, 0.5) is 0 Å². The Bertz CT molecular complexity index is 434. The van der Waals surface area contributed by atoms with Crippen molar-refractivity contribution in [2.45, 2.75) is 13.3 Å². The van der Waals surface area contributed by atoms with E-state index in [4.69, 9.17) is 10.00 Å². The number of hydrogen-bond acceptors (Lipinski definition) is 6. The lowest BCUT2D eigenvalue weighted by Gasteiger charge is -2.32. The van der Waals surface area contributed by atoms with Crippen LogP contribution < -0.4 is 5.32 Å². The van der Waals surface area contributed by atoms with E-state index in [1.807, 2.05) is 13.1 Å². The minimum Gasteiger partial charge on any atom is -0.466 e. The van der Waals surface area contributed by atoms with Crippen molar-refractivity contribution >= 4 is 11.9 Å². The Morgan fingerprint density at radius 1 is 1.33 bits per heavy atom. The van der Waals surface area contributed by atoms with Crippen molar-refractivity contribution in [1.29, 1.82) is 5.26 Å². The van der Waals surface area contributed by atoms with Crippen LogP contribution in [0.25, 0.3) is 0 Å². The number of piperazine rings is 1. The van der Waals surface area contributed by atoms with Crippen molar-refractivity contribution in [2.75, 3.05) is 46.4 Å². The fourth-order valence-corrected chi connectivity index (χ4v) is 1.90. The normalized spacial score (nSPS) is 16.2. The highest BCUT2D eigenvalue weighted by atomic mass is 16.5. The highest BCUT2D eigenvalue weighted by Gasteiger charge is 2.21. The number of amides is 1. The molecular formula is C14H22N4O3. The van der Waals surface area contributed by atoms with Crippen molar-refractivity contribution < 1.29 is 14.3 Å². The second kappa shape index (κ2) is 8.97.